The molecule has 0 unspecified atom stereocenters. The predicted molar refractivity (Wildman–Crippen MR) is 68.6 cm³/mol. The molecule has 2 aromatic rings. The van der Waals surface area contributed by atoms with Crippen LogP contribution >= 0.6 is 0 Å². The third-order valence-corrected chi connectivity index (χ3v) is 2.40. The standard InChI is InChI=1S/C12H13N3O3/c1-2-3-4-7-13-12-14-10-8-9(15(16)17)5-6-11(10)18-12/h2-3,5-6,8H,4,7H2,1H3,(H,13,14)/b3-2+. The lowest BCUT2D eigenvalue weighted by Gasteiger charge is -1.96. The van der Waals surface area contributed by atoms with Gasteiger partial charge in [-0.3, -0.25) is 10.1 Å². The summed E-state index contributed by atoms with van der Waals surface area (Å²) in [5.74, 6) is 0. The van der Waals surface area contributed by atoms with Gasteiger partial charge in [0.25, 0.3) is 11.7 Å². The second-order valence-corrected chi connectivity index (χ2v) is 3.71. The van der Waals surface area contributed by atoms with E-state index in [4.69, 9.17) is 4.42 Å². The van der Waals surface area contributed by atoms with Crippen molar-refractivity contribution in [3.63, 3.8) is 0 Å². The molecule has 0 amide bonds. The minimum Gasteiger partial charge on any atom is -0.424 e. The largest absolute Gasteiger partial charge is 0.424 e. The fourth-order valence-electron chi connectivity index (χ4n) is 1.53. The first-order valence-electron chi connectivity index (χ1n) is 5.60. The summed E-state index contributed by atoms with van der Waals surface area (Å²) in [6.45, 7) is 2.66. The molecule has 1 aromatic carbocycles. The van der Waals surface area contributed by atoms with Gasteiger partial charge in [0.05, 0.1) is 4.92 Å². The number of allylic oxidation sites excluding steroid dienone is 1. The number of hydrogen-bond acceptors (Lipinski definition) is 5. The molecule has 1 heterocycles. The summed E-state index contributed by atoms with van der Waals surface area (Å²) in [5, 5.41) is 13.6. The summed E-state index contributed by atoms with van der Waals surface area (Å²) in [5.41, 5.74) is 1.03. The Morgan fingerprint density at radius 3 is 3.11 bits per heavy atom. The van der Waals surface area contributed by atoms with E-state index in [9.17, 15) is 10.1 Å². The maximum Gasteiger partial charge on any atom is 0.295 e. The molecule has 6 heteroatoms. The van der Waals surface area contributed by atoms with Crippen LogP contribution in [0.15, 0.2) is 34.8 Å². The van der Waals surface area contributed by atoms with Crippen molar-refractivity contribution in [1.82, 2.24) is 4.98 Å². The predicted octanol–water partition coefficient (Wildman–Crippen LogP) is 3.11. The molecule has 0 aliphatic heterocycles. The number of nitro benzene ring substituents is 1. The summed E-state index contributed by atoms with van der Waals surface area (Å²) >= 11 is 0. The van der Waals surface area contributed by atoms with Gasteiger partial charge in [0.2, 0.25) is 0 Å². The lowest BCUT2D eigenvalue weighted by Crippen LogP contribution is -1.99. The fourth-order valence-corrected chi connectivity index (χ4v) is 1.53. The van der Waals surface area contributed by atoms with Gasteiger partial charge in [0.1, 0.15) is 5.52 Å². The Hall–Kier alpha value is -2.37. The number of anilines is 1. The number of non-ortho nitro benzene ring substituents is 1. The van der Waals surface area contributed by atoms with E-state index in [1.165, 1.54) is 12.1 Å². The maximum absolute atomic E-state index is 10.6. The first-order valence-corrected chi connectivity index (χ1v) is 5.60. The number of hydrogen-bond donors (Lipinski definition) is 1. The zero-order valence-corrected chi connectivity index (χ0v) is 9.92. The van der Waals surface area contributed by atoms with E-state index in [2.05, 4.69) is 10.3 Å². The average molecular weight is 247 g/mol. The monoisotopic (exact) mass is 247 g/mol. The highest BCUT2D eigenvalue weighted by molar-refractivity contribution is 5.77. The molecule has 0 saturated heterocycles. The summed E-state index contributed by atoms with van der Waals surface area (Å²) < 4.78 is 5.41. The van der Waals surface area contributed by atoms with E-state index < -0.39 is 4.92 Å². The van der Waals surface area contributed by atoms with E-state index in [0.29, 0.717) is 23.7 Å². The second kappa shape index (κ2) is 5.31. The number of fused-ring (bicyclic) bond motifs is 1. The summed E-state index contributed by atoms with van der Waals surface area (Å²) in [7, 11) is 0. The van der Waals surface area contributed by atoms with Gasteiger partial charge in [0.15, 0.2) is 5.58 Å². The van der Waals surface area contributed by atoms with Crippen molar-refractivity contribution in [3.8, 4) is 0 Å². The van der Waals surface area contributed by atoms with Crippen LogP contribution in [0, 0.1) is 10.1 Å². The van der Waals surface area contributed by atoms with Crippen LogP contribution in [0.1, 0.15) is 13.3 Å². The van der Waals surface area contributed by atoms with E-state index in [0.717, 1.165) is 6.42 Å². The molecular formula is C12H13N3O3. The molecule has 1 aromatic heterocycles. The van der Waals surface area contributed by atoms with E-state index in [1.807, 2.05) is 19.1 Å². The van der Waals surface area contributed by atoms with E-state index in [1.54, 1.807) is 6.07 Å². The molecule has 6 nitrogen and oxygen atoms in total. The second-order valence-electron chi connectivity index (χ2n) is 3.71. The maximum atomic E-state index is 10.6. The summed E-state index contributed by atoms with van der Waals surface area (Å²) in [6, 6.07) is 4.74. The molecule has 0 aliphatic carbocycles. The van der Waals surface area contributed by atoms with Crippen LogP contribution in [0.3, 0.4) is 0 Å². The van der Waals surface area contributed by atoms with Gasteiger partial charge in [-0.05, 0) is 19.4 Å². The van der Waals surface area contributed by atoms with Crippen LogP contribution in [-0.2, 0) is 0 Å². The van der Waals surface area contributed by atoms with Crippen LogP contribution < -0.4 is 5.32 Å². The topological polar surface area (TPSA) is 81.2 Å². The van der Waals surface area contributed by atoms with Gasteiger partial charge in [-0.15, -0.1) is 0 Å². The van der Waals surface area contributed by atoms with Crippen LogP contribution in [0.25, 0.3) is 11.1 Å². The van der Waals surface area contributed by atoms with Gasteiger partial charge in [-0.25, -0.2) is 0 Å². The highest BCUT2D eigenvalue weighted by Crippen LogP contribution is 2.23. The zero-order valence-electron chi connectivity index (χ0n) is 9.92. The highest BCUT2D eigenvalue weighted by Gasteiger charge is 2.10. The number of rotatable bonds is 5. The normalized spacial score (nSPS) is 11.2. The fraction of sp³-hybridized carbons (Fsp3) is 0.250. The van der Waals surface area contributed by atoms with Crippen molar-refractivity contribution in [1.29, 1.82) is 0 Å². The molecule has 1 N–H and O–H groups in total. The molecule has 2 rings (SSSR count). The number of benzene rings is 1. The third kappa shape index (κ3) is 2.65. The Bertz CT molecular complexity index is 589. The van der Waals surface area contributed by atoms with Crippen molar-refractivity contribution in [2.75, 3.05) is 11.9 Å². The van der Waals surface area contributed by atoms with Crippen molar-refractivity contribution >= 4 is 22.8 Å². The van der Waals surface area contributed by atoms with Gasteiger partial charge < -0.3 is 9.73 Å². The molecule has 0 fully saturated rings. The van der Waals surface area contributed by atoms with Gasteiger partial charge in [0, 0.05) is 18.7 Å². The molecule has 0 saturated carbocycles. The molecular weight excluding hydrogens is 234 g/mol. The molecule has 0 aliphatic rings. The molecule has 0 bridgehead atoms. The zero-order chi connectivity index (χ0) is 13.0. The Morgan fingerprint density at radius 1 is 1.56 bits per heavy atom. The SMILES string of the molecule is C/C=C/CCNc1nc2cc([N+](=O)[O-])ccc2o1. The minimum absolute atomic E-state index is 0.0104. The first-order chi connectivity index (χ1) is 8.70. The van der Waals surface area contributed by atoms with E-state index in [-0.39, 0.29) is 5.69 Å². The van der Waals surface area contributed by atoms with Gasteiger partial charge in [-0.2, -0.15) is 4.98 Å². The molecule has 0 spiro atoms. The molecule has 0 atom stereocenters. The van der Waals surface area contributed by atoms with Crippen LogP contribution in [0.5, 0.6) is 0 Å². The number of nitro groups is 1. The minimum atomic E-state index is -0.451. The number of oxazole rings is 1. The number of aromatic nitrogens is 1. The summed E-state index contributed by atoms with van der Waals surface area (Å²) in [4.78, 5) is 14.3. The Morgan fingerprint density at radius 2 is 2.39 bits per heavy atom. The van der Waals surface area contributed by atoms with Crippen LogP contribution in [0.2, 0.25) is 0 Å². The van der Waals surface area contributed by atoms with Crippen molar-refractivity contribution in [2.24, 2.45) is 0 Å². The van der Waals surface area contributed by atoms with Crippen LogP contribution in [-0.4, -0.2) is 16.5 Å². The molecule has 18 heavy (non-hydrogen) atoms. The van der Waals surface area contributed by atoms with Crippen molar-refractivity contribution < 1.29 is 9.34 Å². The average Bonchev–Trinajstić information content (AvgIpc) is 2.76. The number of nitrogens with zero attached hydrogens (tertiary/aromatic N) is 2. The number of nitrogens with one attached hydrogen (secondary N) is 1. The first kappa shape index (κ1) is 12.1. The smallest absolute Gasteiger partial charge is 0.295 e. The van der Waals surface area contributed by atoms with Crippen molar-refractivity contribution in [2.45, 2.75) is 13.3 Å². The summed E-state index contributed by atoms with van der Waals surface area (Å²) in [6.07, 6.45) is 4.87. The quantitative estimate of drug-likeness (QED) is 0.380. The van der Waals surface area contributed by atoms with Crippen molar-refractivity contribution in [3.05, 3.63) is 40.5 Å². The Labute approximate surface area is 103 Å². The Kier molecular flexibility index (Phi) is 3.57. The van der Waals surface area contributed by atoms with E-state index >= 15 is 0 Å². The highest BCUT2D eigenvalue weighted by atomic mass is 16.6. The van der Waals surface area contributed by atoms with Crippen LogP contribution in [0.4, 0.5) is 11.7 Å². The molecule has 94 valence electrons. The van der Waals surface area contributed by atoms with Gasteiger partial charge >= 0.3 is 0 Å². The molecule has 0 radical (unpaired) electrons. The van der Waals surface area contributed by atoms with Gasteiger partial charge in [-0.1, -0.05) is 12.2 Å². The Balaban J connectivity index is 2.14. The lowest BCUT2D eigenvalue weighted by molar-refractivity contribution is -0.384. The lowest BCUT2D eigenvalue weighted by atomic mass is 10.3. The third-order valence-electron chi connectivity index (χ3n) is 2.40.